The van der Waals surface area contributed by atoms with Crippen molar-refractivity contribution in [2.45, 2.75) is 13.5 Å². The first-order chi connectivity index (χ1) is 16.3. The summed E-state index contributed by atoms with van der Waals surface area (Å²) >= 11 is 0. The molecule has 0 saturated heterocycles. The van der Waals surface area contributed by atoms with Crippen LogP contribution >= 0.6 is 0 Å². The summed E-state index contributed by atoms with van der Waals surface area (Å²) < 4.78 is 34.4. The van der Waals surface area contributed by atoms with E-state index in [2.05, 4.69) is 25.3 Å². The molecule has 0 aliphatic heterocycles. The summed E-state index contributed by atoms with van der Waals surface area (Å²) in [4.78, 5) is 23.0. The Bertz CT molecular complexity index is 1150. The van der Waals surface area contributed by atoms with Crippen molar-refractivity contribution in [2.24, 2.45) is 0 Å². The lowest BCUT2D eigenvalue weighted by molar-refractivity contribution is -0.133. The molecule has 0 fully saturated rings. The highest BCUT2D eigenvalue weighted by atomic mass is 19.3. The van der Waals surface area contributed by atoms with Gasteiger partial charge in [-0.05, 0) is 44.8 Å². The number of aromatic nitrogens is 2. The molecule has 0 radical (unpaired) electrons. The zero-order valence-electron chi connectivity index (χ0n) is 19.2. The smallest absolute Gasteiger partial charge is 0.345 e. The monoisotopic (exact) mass is 471 g/mol. The van der Waals surface area contributed by atoms with Crippen LogP contribution in [0.15, 0.2) is 54.9 Å². The highest BCUT2D eigenvalue weighted by molar-refractivity contribution is 6.03. The minimum atomic E-state index is -2.88. The van der Waals surface area contributed by atoms with E-state index >= 15 is 0 Å². The van der Waals surface area contributed by atoms with Crippen LogP contribution in [0.4, 0.5) is 26.0 Å². The number of aryl methyl sites for hydroxylation is 1. The van der Waals surface area contributed by atoms with Crippen LogP contribution in [-0.4, -0.2) is 61.2 Å². The minimum Gasteiger partial charge on any atom is -0.489 e. The standard InChI is InChI=1S/C24H27F2N5O3/c1-16-6-4-7-17(12-16)29-23-18-13-20(30-22(32)8-5-9-31(2)3)21(14-19(18)27-15-28-23)33-10-11-34-24(25)26/h4-8,12-15,24H,9-11H2,1-3H3,(H,30,32)(H,27,28,29)/b8-5+. The molecule has 1 heterocycles. The number of fused-ring (bicyclic) bond motifs is 1. The molecule has 180 valence electrons. The van der Waals surface area contributed by atoms with E-state index in [1.165, 1.54) is 12.4 Å². The van der Waals surface area contributed by atoms with Crippen molar-refractivity contribution in [3.8, 4) is 5.75 Å². The van der Waals surface area contributed by atoms with E-state index in [4.69, 9.17) is 4.74 Å². The number of anilines is 3. The summed E-state index contributed by atoms with van der Waals surface area (Å²) in [6.45, 7) is -0.742. The number of hydrogen-bond acceptors (Lipinski definition) is 7. The number of amides is 1. The molecule has 8 nitrogen and oxygen atoms in total. The molecule has 3 rings (SSSR count). The quantitative estimate of drug-likeness (QED) is 0.317. The number of nitrogens with zero attached hydrogens (tertiary/aromatic N) is 3. The molecule has 2 aromatic carbocycles. The number of nitrogens with one attached hydrogen (secondary N) is 2. The predicted octanol–water partition coefficient (Wildman–Crippen LogP) is 4.36. The van der Waals surface area contributed by atoms with Gasteiger partial charge in [-0.2, -0.15) is 8.78 Å². The minimum absolute atomic E-state index is 0.130. The van der Waals surface area contributed by atoms with E-state index in [0.717, 1.165) is 11.3 Å². The van der Waals surface area contributed by atoms with Gasteiger partial charge >= 0.3 is 6.61 Å². The summed E-state index contributed by atoms with van der Waals surface area (Å²) in [7, 11) is 3.78. The van der Waals surface area contributed by atoms with Crippen molar-refractivity contribution in [3.05, 3.63) is 60.4 Å². The van der Waals surface area contributed by atoms with Gasteiger partial charge < -0.3 is 25.0 Å². The van der Waals surface area contributed by atoms with E-state index in [0.29, 0.717) is 29.0 Å². The Morgan fingerprint density at radius 2 is 2.00 bits per heavy atom. The highest BCUT2D eigenvalue weighted by Crippen LogP contribution is 2.33. The number of carbonyl (C=O) groups excluding carboxylic acids is 1. The van der Waals surface area contributed by atoms with Crippen molar-refractivity contribution in [1.29, 1.82) is 0 Å². The number of halogens is 2. The molecule has 0 saturated carbocycles. The van der Waals surface area contributed by atoms with E-state index in [1.807, 2.05) is 50.2 Å². The van der Waals surface area contributed by atoms with Crippen LogP contribution in [0.1, 0.15) is 5.56 Å². The topological polar surface area (TPSA) is 88.6 Å². The molecule has 0 spiro atoms. The zero-order chi connectivity index (χ0) is 24.5. The van der Waals surface area contributed by atoms with Crippen LogP contribution < -0.4 is 15.4 Å². The third-order valence-electron chi connectivity index (χ3n) is 4.60. The molecule has 0 atom stereocenters. The fourth-order valence-corrected chi connectivity index (χ4v) is 3.09. The zero-order valence-corrected chi connectivity index (χ0v) is 19.2. The first-order valence-electron chi connectivity index (χ1n) is 10.6. The van der Waals surface area contributed by atoms with Gasteiger partial charge in [0.25, 0.3) is 0 Å². The lowest BCUT2D eigenvalue weighted by Crippen LogP contribution is -2.14. The Hall–Kier alpha value is -3.63. The van der Waals surface area contributed by atoms with Crippen LogP contribution in [0.5, 0.6) is 5.75 Å². The van der Waals surface area contributed by atoms with Gasteiger partial charge in [0.15, 0.2) is 0 Å². The Kier molecular flexibility index (Phi) is 8.83. The van der Waals surface area contributed by atoms with Crippen LogP contribution in [-0.2, 0) is 9.53 Å². The number of carbonyl (C=O) groups is 1. The maximum absolute atomic E-state index is 12.5. The molecule has 0 unspecified atom stereocenters. The molecule has 0 aliphatic rings. The van der Waals surface area contributed by atoms with Crippen LogP contribution in [0, 0.1) is 6.92 Å². The van der Waals surface area contributed by atoms with Crippen LogP contribution in [0.25, 0.3) is 10.9 Å². The van der Waals surface area contributed by atoms with Crippen molar-refractivity contribution < 1.29 is 23.0 Å². The summed E-state index contributed by atoms with van der Waals surface area (Å²) in [5, 5.41) is 6.70. The number of hydrogen-bond donors (Lipinski definition) is 2. The average Bonchev–Trinajstić information content (AvgIpc) is 2.77. The fourth-order valence-electron chi connectivity index (χ4n) is 3.09. The van der Waals surface area contributed by atoms with Gasteiger partial charge in [0, 0.05) is 29.8 Å². The highest BCUT2D eigenvalue weighted by Gasteiger charge is 2.14. The second-order valence-electron chi connectivity index (χ2n) is 7.72. The molecular formula is C24H27F2N5O3. The Morgan fingerprint density at radius 3 is 2.74 bits per heavy atom. The number of alkyl halides is 2. The predicted molar refractivity (Wildman–Crippen MR) is 128 cm³/mol. The molecule has 1 aromatic heterocycles. The van der Waals surface area contributed by atoms with Crippen LogP contribution in [0.2, 0.25) is 0 Å². The Balaban J connectivity index is 1.91. The lowest BCUT2D eigenvalue weighted by atomic mass is 10.1. The average molecular weight is 472 g/mol. The fraction of sp³-hybridized carbons (Fsp3) is 0.292. The molecule has 3 aromatic rings. The molecule has 0 bridgehead atoms. The van der Waals surface area contributed by atoms with Crippen LogP contribution in [0.3, 0.4) is 0 Å². The van der Waals surface area contributed by atoms with E-state index in [1.54, 1.807) is 18.2 Å². The van der Waals surface area contributed by atoms with E-state index < -0.39 is 6.61 Å². The van der Waals surface area contributed by atoms with Gasteiger partial charge in [-0.25, -0.2) is 9.97 Å². The Labute approximate surface area is 196 Å². The van der Waals surface area contributed by atoms with Crippen molar-refractivity contribution in [2.75, 3.05) is 44.5 Å². The molecule has 0 aliphatic carbocycles. The number of ether oxygens (including phenoxy) is 2. The van der Waals surface area contributed by atoms with Gasteiger partial charge in [0.05, 0.1) is 17.8 Å². The summed E-state index contributed by atoms with van der Waals surface area (Å²) in [5.41, 5.74) is 2.84. The van der Waals surface area contributed by atoms with Gasteiger partial charge in [-0.3, -0.25) is 4.79 Å². The first kappa shape index (κ1) is 25.0. The third-order valence-corrected chi connectivity index (χ3v) is 4.60. The largest absolute Gasteiger partial charge is 0.489 e. The van der Waals surface area contributed by atoms with Crippen molar-refractivity contribution in [3.63, 3.8) is 0 Å². The lowest BCUT2D eigenvalue weighted by Gasteiger charge is -2.15. The van der Waals surface area contributed by atoms with Crippen molar-refractivity contribution >= 4 is 34.0 Å². The maximum Gasteiger partial charge on any atom is 0.345 e. The Morgan fingerprint density at radius 1 is 1.18 bits per heavy atom. The van der Waals surface area contributed by atoms with E-state index in [-0.39, 0.29) is 24.9 Å². The summed E-state index contributed by atoms with van der Waals surface area (Å²) in [5.74, 6) is 0.460. The van der Waals surface area contributed by atoms with Crippen molar-refractivity contribution in [1.82, 2.24) is 14.9 Å². The van der Waals surface area contributed by atoms with E-state index in [9.17, 15) is 13.6 Å². The third kappa shape index (κ3) is 7.46. The number of likely N-dealkylation sites (N-methyl/N-ethyl adjacent to an activating group) is 1. The number of rotatable bonds is 11. The molecule has 34 heavy (non-hydrogen) atoms. The van der Waals surface area contributed by atoms with Gasteiger partial charge in [-0.1, -0.05) is 18.2 Å². The van der Waals surface area contributed by atoms with Gasteiger partial charge in [0.2, 0.25) is 5.91 Å². The molecule has 10 heteroatoms. The number of benzene rings is 2. The van der Waals surface area contributed by atoms with Gasteiger partial charge in [0.1, 0.15) is 24.5 Å². The second kappa shape index (κ2) is 12.0. The molecule has 2 N–H and O–H groups in total. The molecule has 1 amide bonds. The SMILES string of the molecule is Cc1cccc(Nc2ncnc3cc(OCCOC(F)F)c(NC(=O)/C=C/CN(C)C)cc23)c1. The first-order valence-corrected chi connectivity index (χ1v) is 10.6. The maximum atomic E-state index is 12.5. The van der Waals surface area contributed by atoms with Gasteiger partial charge in [-0.15, -0.1) is 0 Å². The summed E-state index contributed by atoms with van der Waals surface area (Å²) in [6, 6.07) is 11.1. The molecular weight excluding hydrogens is 444 g/mol. The second-order valence-corrected chi connectivity index (χ2v) is 7.72. The normalized spacial score (nSPS) is 11.5. The summed E-state index contributed by atoms with van der Waals surface area (Å²) in [6.07, 6.45) is 4.55.